The SMILES string of the molecule is CN(C)c1ccc2c3ccc[c-]c3c3nc4ccccc4n3c2c1.[Br-].[Mg+2]. The molecule has 26 heavy (non-hydrogen) atoms. The molecule has 5 heteroatoms. The quantitative estimate of drug-likeness (QED) is 0.234. The van der Waals surface area contributed by atoms with Crippen molar-refractivity contribution in [2.45, 2.75) is 0 Å². The van der Waals surface area contributed by atoms with Crippen molar-refractivity contribution in [2.24, 2.45) is 0 Å². The van der Waals surface area contributed by atoms with Gasteiger partial charge >= 0.3 is 23.1 Å². The summed E-state index contributed by atoms with van der Waals surface area (Å²) in [5.41, 5.74) is 5.47. The number of aromatic nitrogens is 2. The van der Waals surface area contributed by atoms with Gasteiger partial charge in [0.2, 0.25) is 0 Å². The molecule has 3 aromatic carbocycles. The van der Waals surface area contributed by atoms with Gasteiger partial charge in [0, 0.05) is 25.3 Å². The summed E-state index contributed by atoms with van der Waals surface area (Å²) >= 11 is 0. The van der Waals surface area contributed by atoms with Crippen molar-refractivity contribution in [1.29, 1.82) is 0 Å². The summed E-state index contributed by atoms with van der Waals surface area (Å²) in [4.78, 5) is 7.02. The summed E-state index contributed by atoms with van der Waals surface area (Å²) in [5, 5.41) is 3.49. The normalized spacial score (nSPS) is 10.8. The Bertz CT molecular complexity index is 1240. The van der Waals surface area contributed by atoms with Crippen molar-refractivity contribution < 1.29 is 17.0 Å². The second-order valence-electron chi connectivity index (χ2n) is 6.31. The van der Waals surface area contributed by atoms with Crippen LogP contribution in [0, 0.1) is 6.07 Å². The van der Waals surface area contributed by atoms with E-state index in [1.807, 2.05) is 18.2 Å². The van der Waals surface area contributed by atoms with Gasteiger partial charge in [-0.3, -0.25) is 4.98 Å². The van der Waals surface area contributed by atoms with E-state index in [1.165, 1.54) is 22.0 Å². The van der Waals surface area contributed by atoms with Crippen LogP contribution in [0.5, 0.6) is 0 Å². The van der Waals surface area contributed by atoms with Crippen LogP contribution in [0.2, 0.25) is 0 Å². The number of para-hydroxylation sites is 2. The van der Waals surface area contributed by atoms with Crippen molar-refractivity contribution in [3.8, 4) is 0 Å². The fraction of sp³-hybridized carbons (Fsp3) is 0.0952. The number of rotatable bonds is 1. The molecule has 0 N–H and O–H groups in total. The monoisotopic (exact) mass is 413 g/mol. The van der Waals surface area contributed by atoms with E-state index in [0.29, 0.717) is 0 Å². The van der Waals surface area contributed by atoms with Crippen LogP contribution in [0.3, 0.4) is 0 Å². The number of anilines is 1. The number of benzene rings is 3. The van der Waals surface area contributed by atoms with E-state index in [-0.39, 0.29) is 40.0 Å². The zero-order chi connectivity index (χ0) is 16.3. The molecule has 2 aromatic heterocycles. The predicted octanol–water partition coefficient (Wildman–Crippen LogP) is 1.28. The van der Waals surface area contributed by atoms with E-state index in [0.717, 1.165) is 22.1 Å². The van der Waals surface area contributed by atoms with Crippen LogP contribution >= 0.6 is 0 Å². The smallest absolute Gasteiger partial charge is 1.00 e. The minimum atomic E-state index is 0. The molecule has 5 rings (SSSR count). The first kappa shape index (κ1) is 19.0. The molecular weight excluding hydrogens is 398 g/mol. The molecular formula is C21H16BrMgN3. The van der Waals surface area contributed by atoms with Crippen LogP contribution in [0.25, 0.3) is 38.4 Å². The first-order valence-corrected chi connectivity index (χ1v) is 8.05. The largest absolute Gasteiger partial charge is 2.00 e. The molecule has 0 saturated heterocycles. The molecule has 0 bridgehead atoms. The number of hydrogen-bond acceptors (Lipinski definition) is 2. The van der Waals surface area contributed by atoms with Crippen LogP contribution in [0.1, 0.15) is 0 Å². The average molecular weight is 415 g/mol. The van der Waals surface area contributed by atoms with Crippen LogP contribution < -0.4 is 21.9 Å². The van der Waals surface area contributed by atoms with Gasteiger partial charge in [-0.2, -0.15) is 0 Å². The molecule has 0 atom stereocenters. The van der Waals surface area contributed by atoms with Crippen molar-refractivity contribution >= 4 is 67.1 Å². The second kappa shape index (κ2) is 7.06. The van der Waals surface area contributed by atoms with Gasteiger partial charge in [-0.15, -0.1) is 29.7 Å². The number of fused-ring (bicyclic) bond motifs is 8. The number of imidazole rings is 1. The number of pyridine rings is 1. The van der Waals surface area contributed by atoms with Crippen LogP contribution in [-0.2, 0) is 0 Å². The van der Waals surface area contributed by atoms with Crippen molar-refractivity contribution in [3.05, 3.63) is 66.7 Å². The van der Waals surface area contributed by atoms with Gasteiger partial charge in [-0.25, -0.2) is 0 Å². The molecule has 5 aromatic rings. The van der Waals surface area contributed by atoms with E-state index < -0.39 is 0 Å². The Morgan fingerprint density at radius 2 is 1.73 bits per heavy atom. The van der Waals surface area contributed by atoms with Gasteiger partial charge in [0.1, 0.15) is 0 Å². The number of hydrogen-bond donors (Lipinski definition) is 0. The fourth-order valence-corrected chi connectivity index (χ4v) is 3.49. The van der Waals surface area contributed by atoms with E-state index in [9.17, 15) is 0 Å². The molecule has 0 saturated carbocycles. The van der Waals surface area contributed by atoms with Crippen LogP contribution in [0.15, 0.2) is 60.7 Å². The molecule has 124 valence electrons. The molecule has 0 aliphatic rings. The first-order valence-electron chi connectivity index (χ1n) is 8.05. The maximum absolute atomic E-state index is 4.89. The van der Waals surface area contributed by atoms with Gasteiger partial charge in [0.25, 0.3) is 0 Å². The van der Waals surface area contributed by atoms with Gasteiger partial charge in [0.15, 0.2) is 0 Å². The van der Waals surface area contributed by atoms with Gasteiger partial charge in [-0.05, 0) is 29.7 Å². The van der Waals surface area contributed by atoms with Crippen molar-refractivity contribution in [2.75, 3.05) is 19.0 Å². The van der Waals surface area contributed by atoms with E-state index >= 15 is 0 Å². The molecule has 0 amide bonds. The molecule has 3 nitrogen and oxygen atoms in total. The fourth-order valence-electron chi connectivity index (χ4n) is 3.49. The van der Waals surface area contributed by atoms with Crippen molar-refractivity contribution in [1.82, 2.24) is 9.38 Å². The topological polar surface area (TPSA) is 20.5 Å². The standard InChI is InChI=1S/C21H16N3.BrH.Mg/c1-23(2)14-11-12-16-15-7-3-4-8-17(15)21-22-18-9-5-6-10-19(18)24(21)20(16)13-14;;/h3-7,9-13H,1-2H3;1H;/q-1;;+2/p-1. The predicted molar refractivity (Wildman–Crippen MR) is 107 cm³/mol. The third-order valence-corrected chi connectivity index (χ3v) is 4.67. The Hall–Kier alpha value is -1.82. The van der Waals surface area contributed by atoms with Gasteiger partial charge in [-0.1, -0.05) is 23.6 Å². The minimum Gasteiger partial charge on any atom is -1.00 e. The minimum absolute atomic E-state index is 0. The molecule has 0 spiro atoms. The van der Waals surface area contributed by atoms with Gasteiger partial charge in [0.05, 0.1) is 16.7 Å². The number of nitrogens with zero attached hydrogens (tertiary/aromatic N) is 3. The molecule has 0 unspecified atom stereocenters. The van der Waals surface area contributed by atoms with Crippen molar-refractivity contribution in [3.63, 3.8) is 0 Å². The Morgan fingerprint density at radius 1 is 0.923 bits per heavy atom. The maximum atomic E-state index is 4.89. The first-order chi connectivity index (χ1) is 11.7. The summed E-state index contributed by atoms with van der Waals surface area (Å²) < 4.78 is 2.26. The van der Waals surface area contributed by atoms with Gasteiger partial charge < -0.3 is 26.3 Å². The zero-order valence-corrected chi connectivity index (χ0v) is 17.7. The van der Waals surface area contributed by atoms with Crippen LogP contribution in [0.4, 0.5) is 5.69 Å². The molecule has 0 aliphatic carbocycles. The summed E-state index contributed by atoms with van der Waals surface area (Å²) in [6.07, 6.45) is 0. The van der Waals surface area contributed by atoms with E-state index in [1.54, 1.807) is 0 Å². The Morgan fingerprint density at radius 3 is 2.54 bits per heavy atom. The zero-order valence-electron chi connectivity index (χ0n) is 14.7. The van der Waals surface area contributed by atoms with E-state index in [4.69, 9.17) is 4.98 Å². The van der Waals surface area contributed by atoms with E-state index in [2.05, 4.69) is 71.9 Å². The summed E-state index contributed by atoms with van der Waals surface area (Å²) in [6.45, 7) is 0. The average Bonchev–Trinajstić information content (AvgIpc) is 3.01. The third kappa shape index (κ3) is 2.66. The third-order valence-electron chi connectivity index (χ3n) is 4.67. The Balaban J connectivity index is 0.000000980. The molecule has 2 heterocycles. The molecule has 0 fully saturated rings. The summed E-state index contributed by atoms with van der Waals surface area (Å²) in [5.74, 6) is 0. The summed E-state index contributed by atoms with van der Waals surface area (Å²) in [6, 6.07) is 24.5. The molecule has 0 radical (unpaired) electrons. The molecule has 0 aliphatic heterocycles. The van der Waals surface area contributed by atoms with Crippen LogP contribution in [-0.4, -0.2) is 46.5 Å². The summed E-state index contributed by atoms with van der Waals surface area (Å²) in [7, 11) is 4.14. The number of halogens is 1. The Kier molecular flexibility index (Phi) is 5.15. The second-order valence-corrected chi connectivity index (χ2v) is 6.31. The maximum Gasteiger partial charge on any atom is 2.00 e. The Labute approximate surface area is 178 Å².